The molecule has 0 aromatic carbocycles. The number of alkyl halides is 19. The van der Waals surface area contributed by atoms with Gasteiger partial charge in [0.1, 0.15) is 0 Å². The molecule has 1 atom stereocenters. The molecule has 0 aliphatic heterocycles. The summed E-state index contributed by atoms with van der Waals surface area (Å²) in [5.74, 6) is -59.3. The van der Waals surface area contributed by atoms with E-state index in [9.17, 15) is 83.4 Å². The van der Waals surface area contributed by atoms with Gasteiger partial charge in [-0.25, -0.2) is 0 Å². The molecule has 1 unspecified atom stereocenters. The first-order chi connectivity index (χ1) is 12.6. The number of thiol groups is 1. The number of hydrogen-bond donors (Lipinski definition) is 1. The third-order valence-corrected chi connectivity index (χ3v) is 3.47. The second kappa shape index (κ2) is 6.99. The molecule has 0 spiro atoms. The Morgan fingerprint density at radius 3 is 0.767 bits per heavy atom. The highest BCUT2D eigenvalue weighted by molar-refractivity contribution is 7.75. The molecule has 0 saturated heterocycles. The van der Waals surface area contributed by atoms with Crippen LogP contribution in [0.5, 0.6) is 0 Å². The minimum Gasteiger partial charge on any atom is -0.266 e. The first-order valence-corrected chi connectivity index (χ1v) is 6.34. The Kier molecular flexibility index (Phi) is 6.75. The fourth-order valence-electron chi connectivity index (χ4n) is 1.46. The predicted octanol–water partition coefficient (Wildman–Crippen LogP) is 6.45. The molecule has 0 saturated carbocycles. The molecule has 0 aliphatic rings. The molecule has 1 nitrogen and oxygen atoms in total. The van der Waals surface area contributed by atoms with Gasteiger partial charge in [0.05, 0.1) is 0 Å². The minimum absolute atomic E-state index is 1.67. The van der Waals surface area contributed by atoms with Gasteiger partial charge in [-0.15, -0.1) is 0 Å². The van der Waals surface area contributed by atoms with Crippen molar-refractivity contribution in [2.24, 2.45) is 0 Å². The van der Waals surface area contributed by atoms with Crippen LogP contribution in [-0.2, 0) is 4.18 Å². The lowest BCUT2D eigenvalue weighted by atomic mass is 9.88. The molecule has 21 heteroatoms. The van der Waals surface area contributed by atoms with Crippen molar-refractivity contribution >= 4 is 12.9 Å². The second-order valence-corrected chi connectivity index (χ2v) is 5.31. The first-order valence-electron chi connectivity index (χ1n) is 5.98. The molecule has 0 fully saturated rings. The molecule has 0 bridgehead atoms. The second-order valence-electron chi connectivity index (χ2n) is 5.13. The molecule has 182 valence electrons. The summed E-state index contributed by atoms with van der Waals surface area (Å²) in [7, 11) is 0. The summed E-state index contributed by atoms with van der Waals surface area (Å²) in [6.45, 7) is 0. The van der Waals surface area contributed by atoms with Crippen LogP contribution in [-0.4, -0.2) is 53.7 Å². The van der Waals surface area contributed by atoms with Crippen molar-refractivity contribution in [3.05, 3.63) is 0 Å². The van der Waals surface area contributed by atoms with Gasteiger partial charge >= 0.3 is 53.7 Å². The maximum Gasteiger partial charge on any atom is 0.460 e. The quantitative estimate of drug-likeness (QED) is 0.232. The van der Waals surface area contributed by atoms with Gasteiger partial charge in [0.25, 0.3) is 0 Å². The van der Waals surface area contributed by atoms with Crippen LogP contribution in [0.25, 0.3) is 0 Å². The van der Waals surface area contributed by atoms with Gasteiger partial charge in [-0.05, 0) is 12.9 Å². The molecular weight excluding hydrogens is 517 g/mol. The smallest absolute Gasteiger partial charge is 0.266 e. The first kappa shape index (κ1) is 29.0. The summed E-state index contributed by atoms with van der Waals surface area (Å²) in [6.07, 6.45) is -15.4. The largest absolute Gasteiger partial charge is 0.460 e. The number of hydrogen-bond acceptors (Lipinski definition) is 2. The standard InChI is InChI=1S/C9HF19OS/c10-1(11,2(12,13)4(16,17)6(20,21)8(23,24)25)3(14,15)5(18,19)7(22,29-30)9(26,27)28/h30H. The highest BCUT2D eigenvalue weighted by Crippen LogP contribution is 2.65. The van der Waals surface area contributed by atoms with Gasteiger partial charge in [-0.3, -0.25) is 4.18 Å². The zero-order valence-corrected chi connectivity index (χ0v) is 13.4. The van der Waals surface area contributed by atoms with Crippen LogP contribution in [0.4, 0.5) is 83.4 Å². The SMILES string of the molecule is FC(F)(F)C(F)(F)C(F)(F)C(F)(F)C(F)(F)C(F)(F)C(F)(F)C(F)(OS)C(F)(F)F. The van der Waals surface area contributed by atoms with E-state index >= 15 is 0 Å². The Morgan fingerprint density at radius 1 is 0.333 bits per heavy atom. The van der Waals surface area contributed by atoms with Gasteiger partial charge < -0.3 is 0 Å². The van der Waals surface area contributed by atoms with E-state index < -0.39 is 53.7 Å². The van der Waals surface area contributed by atoms with Crippen molar-refractivity contribution in [1.82, 2.24) is 0 Å². The third-order valence-electron chi connectivity index (χ3n) is 3.22. The fraction of sp³-hybridized carbons (Fsp3) is 1.00. The van der Waals surface area contributed by atoms with Crippen LogP contribution >= 0.6 is 12.9 Å². The van der Waals surface area contributed by atoms with Crippen LogP contribution in [0.2, 0.25) is 0 Å². The van der Waals surface area contributed by atoms with Crippen molar-refractivity contribution in [2.45, 2.75) is 53.7 Å². The molecule has 0 heterocycles. The van der Waals surface area contributed by atoms with Gasteiger partial charge in [0.2, 0.25) is 0 Å². The molecular formula is C9HF19OS. The lowest BCUT2D eigenvalue weighted by Crippen LogP contribution is -2.76. The van der Waals surface area contributed by atoms with Gasteiger partial charge in [0, 0.05) is 0 Å². The van der Waals surface area contributed by atoms with Crippen LogP contribution < -0.4 is 0 Å². The zero-order chi connectivity index (χ0) is 25.2. The topological polar surface area (TPSA) is 9.23 Å². The van der Waals surface area contributed by atoms with E-state index in [0.29, 0.717) is 0 Å². The van der Waals surface area contributed by atoms with Gasteiger partial charge in [-0.2, -0.15) is 83.4 Å². The highest BCUT2D eigenvalue weighted by atomic mass is 32.1. The lowest BCUT2D eigenvalue weighted by Gasteiger charge is -2.43. The summed E-state index contributed by atoms with van der Waals surface area (Å²) in [5, 5.41) is 0. The molecule has 0 N–H and O–H groups in total. The third kappa shape index (κ3) is 3.33. The Labute approximate surface area is 155 Å². The van der Waals surface area contributed by atoms with E-state index in [4.69, 9.17) is 0 Å². The van der Waals surface area contributed by atoms with Crippen LogP contribution in [0.15, 0.2) is 0 Å². The lowest BCUT2D eigenvalue weighted by molar-refractivity contribution is -0.477. The van der Waals surface area contributed by atoms with E-state index in [-0.39, 0.29) is 0 Å². The zero-order valence-electron chi connectivity index (χ0n) is 12.5. The Morgan fingerprint density at radius 2 is 0.567 bits per heavy atom. The molecule has 0 aromatic heterocycles. The van der Waals surface area contributed by atoms with Gasteiger partial charge in [-0.1, -0.05) is 0 Å². The molecule has 0 rings (SSSR count). The van der Waals surface area contributed by atoms with Crippen LogP contribution in [0.3, 0.4) is 0 Å². The van der Waals surface area contributed by atoms with Crippen molar-refractivity contribution in [3.63, 3.8) is 0 Å². The average molecular weight is 518 g/mol. The molecule has 0 aliphatic carbocycles. The van der Waals surface area contributed by atoms with Crippen LogP contribution in [0.1, 0.15) is 0 Å². The highest BCUT2D eigenvalue weighted by Gasteiger charge is 2.97. The molecule has 0 amide bonds. The minimum atomic E-state index is -8.89. The van der Waals surface area contributed by atoms with E-state index in [1.807, 2.05) is 4.18 Å². The van der Waals surface area contributed by atoms with Crippen molar-refractivity contribution in [3.8, 4) is 0 Å². The van der Waals surface area contributed by atoms with E-state index in [2.05, 4.69) is 0 Å². The maximum absolute atomic E-state index is 13.2. The summed E-state index contributed by atoms with van der Waals surface area (Å²) in [4.78, 5) is 0. The summed E-state index contributed by atoms with van der Waals surface area (Å²) < 4.78 is 243. The summed E-state index contributed by atoms with van der Waals surface area (Å²) in [6, 6.07) is 0. The van der Waals surface area contributed by atoms with Crippen LogP contribution in [0, 0.1) is 0 Å². The van der Waals surface area contributed by atoms with Crippen molar-refractivity contribution in [2.75, 3.05) is 0 Å². The van der Waals surface area contributed by atoms with E-state index in [1.165, 1.54) is 0 Å². The van der Waals surface area contributed by atoms with E-state index in [0.717, 1.165) is 0 Å². The van der Waals surface area contributed by atoms with E-state index in [1.54, 1.807) is 12.9 Å². The number of rotatable bonds is 7. The summed E-state index contributed by atoms with van der Waals surface area (Å²) >= 11 is 1.67. The fourth-order valence-corrected chi connectivity index (χ4v) is 1.67. The Balaban J connectivity index is 6.92. The maximum atomic E-state index is 13.2. The number of halogens is 19. The van der Waals surface area contributed by atoms with Crippen molar-refractivity contribution < 1.29 is 87.6 Å². The predicted molar refractivity (Wildman–Crippen MR) is 55.7 cm³/mol. The summed E-state index contributed by atoms with van der Waals surface area (Å²) in [5.41, 5.74) is 0. The molecule has 0 radical (unpaired) electrons. The average Bonchev–Trinajstić information content (AvgIpc) is 2.50. The van der Waals surface area contributed by atoms with Crippen molar-refractivity contribution in [1.29, 1.82) is 0 Å². The molecule has 30 heavy (non-hydrogen) atoms. The monoisotopic (exact) mass is 518 g/mol. The van der Waals surface area contributed by atoms with Gasteiger partial charge in [0.15, 0.2) is 0 Å². The molecule has 0 aromatic rings. The Hall–Kier alpha value is -1.02. The Bertz CT molecular complexity index is 631. The normalized spacial score (nSPS) is 18.4.